The van der Waals surface area contributed by atoms with E-state index in [4.69, 9.17) is 4.74 Å². The Kier molecular flexibility index (Phi) is 70.4. The lowest BCUT2D eigenvalue weighted by Crippen LogP contribution is -2.32. The number of hydrogen-bond donors (Lipinski definition) is 1. The first-order valence-corrected chi connectivity index (χ1v) is 22.8. The summed E-state index contributed by atoms with van der Waals surface area (Å²) < 4.78 is 5.25. The van der Waals surface area contributed by atoms with Gasteiger partial charge in [-0.1, -0.05) is 167 Å². The van der Waals surface area contributed by atoms with Crippen molar-refractivity contribution in [3.05, 3.63) is 0 Å². The number of thioether (sulfide) groups is 1. The molecule has 3 nitrogen and oxygen atoms in total. The normalized spacial score (nSPS) is 10.9. The van der Waals surface area contributed by atoms with Crippen molar-refractivity contribution in [3.8, 4) is 0 Å². The Morgan fingerprint density at radius 2 is 0.660 bits per heavy atom. The highest BCUT2D eigenvalue weighted by molar-refractivity contribution is 8.00. The van der Waals surface area contributed by atoms with Gasteiger partial charge in [-0.15, -0.1) is 0 Å². The highest BCUT2D eigenvalue weighted by Gasteiger charge is 2.09. The summed E-state index contributed by atoms with van der Waals surface area (Å²) in [5.41, 5.74) is 0. The lowest BCUT2D eigenvalue weighted by molar-refractivity contribution is 0.0300. The Morgan fingerprint density at radius 3 is 0.660 bits per heavy atom. The molecule has 0 aromatic heterocycles. The summed E-state index contributed by atoms with van der Waals surface area (Å²) in [7, 11) is 2.15. The van der Waals surface area contributed by atoms with Crippen LogP contribution >= 0.6 is 11.8 Å². The van der Waals surface area contributed by atoms with Gasteiger partial charge in [-0.05, 0) is 121 Å². The van der Waals surface area contributed by atoms with Crippen molar-refractivity contribution in [3.63, 3.8) is 0 Å². The summed E-state index contributed by atoms with van der Waals surface area (Å²) in [6.07, 6.45) is 2.11. The molecular formula is C49H118N2OS. The smallest absolute Gasteiger partial charge is 0.0522 e. The Morgan fingerprint density at radius 1 is 0.434 bits per heavy atom. The molecule has 4 heteroatoms. The second kappa shape index (κ2) is 50.2. The van der Waals surface area contributed by atoms with E-state index in [0.717, 1.165) is 51.9 Å². The van der Waals surface area contributed by atoms with Crippen molar-refractivity contribution in [1.29, 1.82) is 0 Å². The summed E-state index contributed by atoms with van der Waals surface area (Å²) in [5, 5.41) is 4.89. The summed E-state index contributed by atoms with van der Waals surface area (Å²) >= 11 is 2.01. The van der Waals surface area contributed by atoms with E-state index in [1.807, 2.05) is 39.5 Å². The molecule has 336 valence electrons. The number of ether oxygens (including phenoxy) is 1. The Labute approximate surface area is 349 Å². The van der Waals surface area contributed by atoms with Crippen LogP contribution in [0.3, 0.4) is 0 Å². The van der Waals surface area contributed by atoms with Crippen LogP contribution in [0.1, 0.15) is 228 Å². The van der Waals surface area contributed by atoms with Crippen molar-refractivity contribution in [2.24, 2.45) is 41.4 Å². The molecule has 0 saturated heterocycles. The van der Waals surface area contributed by atoms with Gasteiger partial charge in [0, 0.05) is 24.2 Å². The first-order chi connectivity index (χ1) is 23.1. The van der Waals surface area contributed by atoms with Crippen LogP contribution < -0.4 is 5.32 Å². The molecule has 1 N–H and O–H groups in total. The topological polar surface area (TPSA) is 24.5 Å². The Balaban J connectivity index is -0.0000000600. The average Bonchev–Trinajstić information content (AvgIpc) is 2.85. The molecule has 0 fully saturated rings. The fraction of sp³-hybridized carbons (Fsp3) is 1.00. The largest absolute Gasteiger partial charge is 0.376 e. The molecule has 0 saturated carbocycles. The second-order valence-electron chi connectivity index (χ2n) is 19.6. The van der Waals surface area contributed by atoms with Gasteiger partial charge in [0.25, 0.3) is 0 Å². The van der Waals surface area contributed by atoms with Crippen molar-refractivity contribution in [2.75, 3.05) is 7.05 Å². The quantitative estimate of drug-likeness (QED) is 0.213. The van der Waals surface area contributed by atoms with E-state index in [1.165, 1.54) is 6.42 Å². The first-order valence-electron chi connectivity index (χ1n) is 21.9. The molecule has 53 heavy (non-hydrogen) atoms. The molecule has 0 atom stereocenters. The fourth-order valence-electron chi connectivity index (χ4n) is 4.06. The molecule has 0 amide bonds. The molecule has 0 aliphatic heterocycles. The molecule has 0 rings (SSSR count). The minimum absolute atomic E-state index is 0. The number of hydrogen-bond acceptors (Lipinski definition) is 4. The van der Waals surface area contributed by atoms with Gasteiger partial charge < -0.3 is 15.0 Å². The molecule has 0 spiro atoms. The molecular weight excluding hydrogens is 665 g/mol. The van der Waals surface area contributed by atoms with Gasteiger partial charge in [0.2, 0.25) is 0 Å². The van der Waals surface area contributed by atoms with Crippen LogP contribution in [-0.4, -0.2) is 58.8 Å². The second-order valence-corrected chi connectivity index (χ2v) is 21.8. The minimum Gasteiger partial charge on any atom is -0.376 e. The first kappa shape index (κ1) is 74.2. The standard InChI is InChI=1S/C8H18.C7H17N.C7H16.C6H15N.C6H14O.C6H14S.2C4H10.CH4/c2*1-6(2)8(5)7(3)4;1-6(2)5-7(3)4;3*1-5(2)7-6(3)4;2*1-4(2)3;/h6-8H,1-5H3;6-7H,1-5H3;6-7H,5H2,1-4H3;5-7H,1-4H3;2*5-6H,1-4H3;2*4H,1-3H3;1H4. The van der Waals surface area contributed by atoms with Crippen LogP contribution in [-0.2, 0) is 4.74 Å². The van der Waals surface area contributed by atoms with Gasteiger partial charge in [0.05, 0.1) is 12.2 Å². The number of nitrogens with zero attached hydrogens (tertiary/aromatic N) is 1. The average molecular weight is 784 g/mol. The molecule has 0 bridgehead atoms. The third-order valence-corrected chi connectivity index (χ3v) is 7.52. The number of nitrogens with one attached hydrogen (secondary N) is 1. The van der Waals surface area contributed by atoms with Gasteiger partial charge >= 0.3 is 0 Å². The van der Waals surface area contributed by atoms with Crippen LogP contribution in [0.5, 0.6) is 0 Å². The SMILES string of the molecule is C.CC(C)C.CC(C)C.CC(C)C(C)C(C)C.CC(C)CC(C)C.CC(C)N(C)C(C)C.CC(C)NC(C)C.CC(C)OC(C)C.CC(C)SC(C)C. The fourth-order valence-corrected chi connectivity index (χ4v) is 5.15. The van der Waals surface area contributed by atoms with Crippen LogP contribution in [0.25, 0.3) is 0 Å². The van der Waals surface area contributed by atoms with E-state index in [0.29, 0.717) is 36.4 Å². The maximum atomic E-state index is 5.25. The van der Waals surface area contributed by atoms with Crippen LogP contribution in [0.2, 0.25) is 0 Å². The van der Waals surface area contributed by atoms with E-state index in [2.05, 4.69) is 204 Å². The summed E-state index contributed by atoms with van der Waals surface area (Å²) in [4.78, 5) is 2.33. The third-order valence-electron chi connectivity index (χ3n) is 6.43. The molecule has 0 radical (unpaired) electrons. The van der Waals surface area contributed by atoms with Crippen LogP contribution in [0, 0.1) is 41.4 Å². The zero-order valence-electron chi connectivity index (χ0n) is 43.1. The summed E-state index contributed by atoms with van der Waals surface area (Å²) in [6.45, 7) is 68.0. The van der Waals surface area contributed by atoms with E-state index in [9.17, 15) is 0 Å². The van der Waals surface area contributed by atoms with Crippen molar-refractivity contribution in [2.45, 2.75) is 275 Å². The van der Waals surface area contributed by atoms with Gasteiger partial charge in [-0.25, -0.2) is 0 Å². The highest BCUT2D eigenvalue weighted by Crippen LogP contribution is 2.18. The minimum atomic E-state index is 0. The maximum absolute atomic E-state index is 5.25. The molecule has 0 aliphatic carbocycles. The van der Waals surface area contributed by atoms with E-state index >= 15 is 0 Å². The molecule has 0 unspecified atom stereocenters. The van der Waals surface area contributed by atoms with E-state index in [-0.39, 0.29) is 7.43 Å². The van der Waals surface area contributed by atoms with Crippen LogP contribution in [0.4, 0.5) is 0 Å². The van der Waals surface area contributed by atoms with Crippen molar-refractivity contribution >= 4 is 11.8 Å². The third kappa shape index (κ3) is 127. The van der Waals surface area contributed by atoms with E-state index in [1.54, 1.807) is 0 Å². The highest BCUT2D eigenvalue weighted by atomic mass is 32.2. The summed E-state index contributed by atoms with van der Waals surface area (Å²) in [5.74, 6) is 5.97. The lowest BCUT2D eigenvalue weighted by Gasteiger charge is -2.24. The van der Waals surface area contributed by atoms with Gasteiger partial charge in [0.1, 0.15) is 0 Å². The number of rotatable bonds is 12. The van der Waals surface area contributed by atoms with Crippen LogP contribution in [0.15, 0.2) is 0 Å². The molecule has 0 aromatic carbocycles. The zero-order valence-corrected chi connectivity index (χ0v) is 43.9. The maximum Gasteiger partial charge on any atom is 0.0522 e. The van der Waals surface area contributed by atoms with E-state index < -0.39 is 0 Å². The van der Waals surface area contributed by atoms with Gasteiger partial charge in [-0.3, -0.25) is 0 Å². The zero-order chi connectivity index (χ0) is 44.1. The van der Waals surface area contributed by atoms with Crippen molar-refractivity contribution < 1.29 is 4.74 Å². The predicted octanol–water partition coefficient (Wildman–Crippen LogP) is 17.1. The molecule has 0 aliphatic rings. The predicted molar refractivity (Wildman–Crippen MR) is 262 cm³/mol. The summed E-state index contributed by atoms with van der Waals surface area (Å²) in [6, 6.07) is 2.60. The monoisotopic (exact) mass is 783 g/mol. The molecule has 0 aromatic rings. The Hall–Kier alpha value is 0.230. The van der Waals surface area contributed by atoms with Gasteiger partial charge in [0.15, 0.2) is 0 Å². The van der Waals surface area contributed by atoms with Crippen molar-refractivity contribution in [1.82, 2.24) is 10.2 Å². The lowest BCUT2D eigenvalue weighted by atomic mass is 9.88. The Bertz CT molecular complexity index is 466. The molecule has 0 heterocycles. The van der Waals surface area contributed by atoms with Gasteiger partial charge in [-0.2, -0.15) is 11.8 Å².